The minimum atomic E-state index is -0.153. The van der Waals surface area contributed by atoms with Crippen LogP contribution in [-0.2, 0) is 6.42 Å². The monoisotopic (exact) mass is 414 g/mol. The molecule has 0 spiro atoms. The molecule has 0 radical (unpaired) electrons. The second kappa shape index (κ2) is 7.39. The molecule has 8 heteroatoms. The summed E-state index contributed by atoms with van der Waals surface area (Å²) < 4.78 is 8.85. The molecular weight excluding hydrogens is 392 g/mol. The Morgan fingerprint density at radius 2 is 1.90 bits per heavy atom. The molecule has 8 nitrogen and oxygen atoms in total. The molecule has 3 heterocycles. The van der Waals surface area contributed by atoms with E-state index in [0.717, 1.165) is 33.6 Å². The number of H-pyrrole nitrogens is 1. The molecule has 2 aromatic carbocycles. The second-order valence-electron chi connectivity index (χ2n) is 7.63. The fraction of sp³-hybridized carbons (Fsp3) is 0.217. The number of ether oxygens (including phenoxy) is 1. The number of aryl methyl sites for hydroxylation is 1. The van der Waals surface area contributed by atoms with Crippen LogP contribution in [0.3, 0.4) is 0 Å². The molecule has 31 heavy (non-hydrogen) atoms. The van der Waals surface area contributed by atoms with Gasteiger partial charge in [0.1, 0.15) is 11.3 Å². The number of nitrogens with zero attached hydrogens (tertiary/aromatic N) is 5. The van der Waals surface area contributed by atoms with E-state index in [2.05, 4.69) is 22.3 Å². The lowest BCUT2D eigenvalue weighted by Crippen LogP contribution is -2.18. The van der Waals surface area contributed by atoms with Gasteiger partial charge in [0.15, 0.2) is 5.65 Å². The van der Waals surface area contributed by atoms with Crippen LogP contribution in [0.2, 0.25) is 0 Å². The topological polar surface area (TPSA) is 90.1 Å². The zero-order valence-corrected chi connectivity index (χ0v) is 17.5. The minimum Gasteiger partial charge on any atom is -0.496 e. The molecule has 5 rings (SSSR count). The standard InChI is InChI=1S/C23H22N6O2/c1-14(28-19-10-6-5-9-18(19)25-27-28)12-16-13-21(30)29-23(24-16)15(2)22(26-29)17-8-4-7-11-20(17)31-3/h4-11,13-14,26H,12H2,1-3H3. The van der Waals surface area contributed by atoms with Gasteiger partial charge in [0.2, 0.25) is 0 Å². The quantitative estimate of drug-likeness (QED) is 0.475. The average molecular weight is 414 g/mol. The molecule has 5 aromatic rings. The molecule has 3 aromatic heterocycles. The van der Waals surface area contributed by atoms with Crippen molar-refractivity contribution in [3.63, 3.8) is 0 Å². The van der Waals surface area contributed by atoms with Crippen LogP contribution in [0.5, 0.6) is 5.75 Å². The smallest absolute Gasteiger partial charge is 0.272 e. The third kappa shape index (κ3) is 3.16. The summed E-state index contributed by atoms with van der Waals surface area (Å²) in [6, 6.07) is 17.1. The Morgan fingerprint density at radius 1 is 1.13 bits per heavy atom. The predicted octanol–water partition coefficient (Wildman–Crippen LogP) is 3.56. The zero-order chi connectivity index (χ0) is 21.5. The van der Waals surface area contributed by atoms with Crippen LogP contribution in [0.1, 0.15) is 24.2 Å². The Balaban J connectivity index is 1.55. The number of methoxy groups -OCH3 is 1. The lowest BCUT2D eigenvalue weighted by molar-refractivity contribution is 0.416. The van der Waals surface area contributed by atoms with Crippen LogP contribution in [0.25, 0.3) is 27.9 Å². The number of rotatable bonds is 5. The van der Waals surface area contributed by atoms with E-state index >= 15 is 0 Å². The van der Waals surface area contributed by atoms with Gasteiger partial charge in [-0.25, -0.2) is 14.2 Å². The molecule has 0 aliphatic rings. The molecule has 156 valence electrons. The highest BCUT2D eigenvalue weighted by atomic mass is 16.5. The Hall–Kier alpha value is -3.94. The summed E-state index contributed by atoms with van der Waals surface area (Å²) in [5.74, 6) is 0.733. The SMILES string of the molecule is COc1ccccc1-c1[nH]n2c(=O)cc(CC(C)n3nnc4ccccc43)nc2c1C. The molecule has 1 N–H and O–H groups in total. The number of nitrogens with one attached hydrogen (secondary N) is 1. The third-order valence-corrected chi connectivity index (χ3v) is 5.58. The first-order valence-corrected chi connectivity index (χ1v) is 10.1. The summed E-state index contributed by atoms with van der Waals surface area (Å²) >= 11 is 0. The van der Waals surface area contributed by atoms with Gasteiger partial charge in [0.25, 0.3) is 5.56 Å². The van der Waals surface area contributed by atoms with E-state index < -0.39 is 0 Å². The Bertz CT molecular complexity index is 1460. The van der Waals surface area contributed by atoms with E-state index in [1.165, 1.54) is 4.52 Å². The Labute approximate surface area is 178 Å². The summed E-state index contributed by atoms with van der Waals surface area (Å²) in [4.78, 5) is 17.7. The van der Waals surface area contributed by atoms with Gasteiger partial charge in [-0.2, -0.15) is 0 Å². The highest BCUT2D eigenvalue weighted by Crippen LogP contribution is 2.32. The van der Waals surface area contributed by atoms with Crippen molar-refractivity contribution in [3.05, 3.63) is 76.2 Å². The number of aromatic amines is 1. The van der Waals surface area contributed by atoms with E-state index in [0.29, 0.717) is 17.8 Å². The van der Waals surface area contributed by atoms with Gasteiger partial charge in [-0.15, -0.1) is 5.10 Å². The molecule has 0 fully saturated rings. The maximum absolute atomic E-state index is 12.9. The Kier molecular flexibility index (Phi) is 4.54. The van der Waals surface area contributed by atoms with Crippen LogP contribution in [-0.4, -0.2) is 36.7 Å². The Morgan fingerprint density at radius 3 is 2.74 bits per heavy atom. The lowest BCUT2D eigenvalue weighted by atomic mass is 10.1. The van der Waals surface area contributed by atoms with Gasteiger partial charge >= 0.3 is 0 Å². The van der Waals surface area contributed by atoms with Crippen molar-refractivity contribution in [2.24, 2.45) is 0 Å². The largest absolute Gasteiger partial charge is 0.496 e. The molecule has 0 saturated carbocycles. The normalized spacial score (nSPS) is 12.5. The van der Waals surface area contributed by atoms with Gasteiger partial charge < -0.3 is 4.74 Å². The number of aromatic nitrogens is 6. The van der Waals surface area contributed by atoms with Crippen molar-refractivity contribution < 1.29 is 4.74 Å². The third-order valence-electron chi connectivity index (χ3n) is 5.58. The van der Waals surface area contributed by atoms with Crippen molar-refractivity contribution in [1.29, 1.82) is 0 Å². The van der Waals surface area contributed by atoms with Crippen LogP contribution in [0, 0.1) is 6.92 Å². The van der Waals surface area contributed by atoms with Crippen LogP contribution in [0.15, 0.2) is 59.4 Å². The van der Waals surface area contributed by atoms with E-state index in [-0.39, 0.29) is 11.6 Å². The summed E-state index contributed by atoms with van der Waals surface area (Å²) in [5, 5.41) is 11.7. The first kappa shape index (κ1) is 19.0. The number of hydrogen-bond donors (Lipinski definition) is 1. The molecule has 1 unspecified atom stereocenters. The minimum absolute atomic E-state index is 0.00492. The number of benzene rings is 2. The van der Waals surface area contributed by atoms with Crippen LogP contribution < -0.4 is 10.3 Å². The fourth-order valence-electron chi connectivity index (χ4n) is 4.02. The predicted molar refractivity (Wildman–Crippen MR) is 118 cm³/mol. The average Bonchev–Trinajstić information content (AvgIpc) is 3.36. The van der Waals surface area contributed by atoms with Gasteiger partial charge in [-0.1, -0.05) is 29.5 Å². The highest BCUT2D eigenvalue weighted by Gasteiger charge is 2.18. The summed E-state index contributed by atoms with van der Waals surface area (Å²) in [6.07, 6.45) is 0.563. The summed E-state index contributed by atoms with van der Waals surface area (Å²) in [7, 11) is 1.63. The highest BCUT2D eigenvalue weighted by molar-refractivity contribution is 5.75. The molecule has 0 bridgehead atoms. The zero-order valence-electron chi connectivity index (χ0n) is 17.5. The van der Waals surface area contributed by atoms with E-state index in [9.17, 15) is 4.79 Å². The molecule has 0 amide bonds. The van der Waals surface area contributed by atoms with Crippen molar-refractivity contribution in [2.45, 2.75) is 26.3 Å². The summed E-state index contributed by atoms with van der Waals surface area (Å²) in [5.41, 5.74) is 5.57. The van der Waals surface area contributed by atoms with Crippen LogP contribution >= 0.6 is 0 Å². The molecule has 0 saturated heterocycles. The summed E-state index contributed by atoms with van der Waals surface area (Å²) in [6.45, 7) is 4.01. The first-order valence-electron chi connectivity index (χ1n) is 10.1. The van der Waals surface area contributed by atoms with Gasteiger partial charge in [-0.05, 0) is 38.1 Å². The molecule has 1 atom stereocenters. The maximum Gasteiger partial charge on any atom is 0.272 e. The molecule has 0 aliphatic heterocycles. The van der Waals surface area contributed by atoms with Crippen molar-refractivity contribution in [2.75, 3.05) is 7.11 Å². The second-order valence-corrected chi connectivity index (χ2v) is 7.63. The van der Waals surface area contributed by atoms with Gasteiger partial charge in [-0.3, -0.25) is 9.89 Å². The lowest BCUT2D eigenvalue weighted by Gasteiger charge is -2.12. The van der Waals surface area contributed by atoms with Crippen molar-refractivity contribution in [3.8, 4) is 17.0 Å². The molecular formula is C23H22N6O2. The van der Waals surface area contributed by atoms with Gasteiger partial charge in [0, 0.05) is 23.6 Å². The first-order chi connectivity index (χ1) is 15.1. The van der Waals surface area contributed by atoms with E-state index in [1.807, 2.05) is 60.1 Å². The van der Waals surface area contributed by atoms with Crippen LogP contribution in [0.4, 0.5) is 0 Å². The fourth-order valence-corrected chi connectivity index (χ4v) is 4.02. The number of hydrogen-bond acceptors (Lipinski definition) is 5. The van der Waals surface area contributed by atoms with Gasteiger partial charge in [0.05, 0.1) is 30.1 Å². The number of fused-ring (bicyclic) bond motifs is 2. The maximum atomic E-state index is 12.9. The number of para-hydroxylation sites is 2. The molecule has 0 aliphatic carbocycles. The van der Waals surface area contributed by atoms with Crippen molar-refractivity contribution in [1.82, 2.24) is 29.6 Å². The van der Waals surface area contributed by atoms with E-state index in [4.69, 9.17) is 9.72 Å². The van der Waals surface area contributed by atoms with E-state index in [1.54, 1.807) is 13.2 Å². The van der Waals surface area contributed by atoms with Crippen molar-refractivity contribution >= 4 is 16.7 Å².